The lowest BCUT2D eigenvalue weighted by atomic mass is 9.91. The van der Waals surface area contributed by atoms with Crippen LogP contribution < -0.4 is 21.3 Å². The van der Waals surface area contributed by atoms with Gasteiger partial charge in [-0.1, -0.05) is 109 Å². The minimum atomic E-state index is -1.62. The molecule has 0 bridgehead atoms. The van der Waals surface area contributed by atoms with Gasteiger partial charge in [-0.15, -0.1) is 0 Å². The Labute approximate surface area is 515 Å². The van der Waals surface area contributed by atoms with Crippen LogP contribution in [0.4, 0.5) is 0 Å². The fraction of sp³-hybridized carbons (Fsp3) is 0.794. The van der Waals surface area contributed by atoms with E-state index in [9.17, 15) is 48.3 Å². The zero-order chi connectivity index (χ0) is 66.8. The van der Waals surface area contributed by atoms with Crippen LogP contribution in [0, 0.1) is 41.4 Å². The van der Waals surface area contributed by atoms with Crippen LogP contribution in [0.5, 0.6) is 0 Å². The standard InChI is InChI=1S/C63H113N11O12/c1-26-28-29-40(15)52(75)51-56(79)66-44(27-2)59(82)68(19)43(18)58(81)69(20)46(31-35(5)6)55(78)67-49(38(11)12)62(85)70(21)45(30-34(3)4)54(77)64-41(16)53(76)65-42(17)57(80)71(22)47(32-36(7)8)60(83)72(23)48(33-37(9)10)61(84)73(24)50(39(13)14)63(86)74(51)25/h26,28,34-52,75H,27,29-33H2,1-25H3,(H,64,77)(H,65,76)(H,66,79)(H,67,78)/b28-26+/t40-,41+,42-,43?,44+,45+,46+,47+,48+,49+,50+,51?,52-/m1/s1. The molecule has 492 valence electrons. The topological polar surface area (TPSA) is 279 Å². The lowest BCUT2D eigenvalue weighted by Crippen LogP contribution is -2.64. The molecule has 0 aromatic rings. The molecule has 0 aliphatic carbocycles. The summed E-state index contributed by atoms with van der Waals surface area (Å²) in [6.07, 6.45) is 3.02. The third kappa shape index (κ3) is 21.0. The number of carbonyl (C=O) groups excluding carboxylic acids is 11. The van der Waals surface area contributed by atoms with Gasteiger partial charge in [0, 0.05) is 49.3 Å². The van der Waals surface area contributed by atoms with Gasteiger partial charge in [-0.2, -0.15) is 0 Å². The fourth-order valence-electron chi connectivity index (χ4n) is 10.9. The average molecular weight is 1220 g/mol. The van der Waals surface area contributed by atoms with E-state index < -0.39 is 155 Å². The first-order valence-electron chi connectivity index (χ1n) is 31.0. The Hall–Kier alpha value is -6.13. The van der Waals surface area contributed by atoms with Crippen molar-refractivity contribution < 1.29 is 57.8 Å². The average Bonchev–Trinajstić information content (AvgIpc) is 2.82. The molecule has 0 aromatic carbocycles. The number of hydrogen-bond acceptors (Lipinski definition) is 12. The minimum absolute atomic E-state index is 0.0156. The summed E-state index contributed by atoms with van der Waals surface area (Å²) < 4.78 is 0. The molecular formula is C63H113N11O12. The molecule has 1 heterocycles. The summed E-state index contributed by atoms with van der Waals surface area (Å²) in [5.41, 5.74) is 0. The highest BCUT2D eigenvalue weighted by Crippen LogP contribution is 2.26. The Morgan fingerprint density at radius 2 is 0.814 bits per heavy atom. The Bertz CT molecular complexity index is 2360. The van der Waals surface area contributed by atoms with Gasteiger partial charge in [0.1, 0.15) is 66.5 Å². The highest BCUT2D eigenvalue weighted by Gasteiger charge is 2.46. The first kappa shape index (κ1) is 77.9. The van der Waals surface area contributed by atoms with Crippen molar-refractivity contribution in [3.05, 3.63) is 12.2 Å². The summed E-state index contributed by atoms with van der Waals surface area (Å²) in [7, 11) is 9.95. The number of rotatable bonds is 15. The van der Waals surface area contributed by atoms with Crippen LogP contribution in [-0.4, -0.2) is 226 Å². The van der Waals surface area contributed by atoms with Crippen LogP contribution in [0.2, 0.25) is 0 Å². The van der Waals surface area contributed by atoms with Gasteiger partial charge in [0.2, 0.25) is 65.0 Å². The molecular weight excluding hydrogens is 1100 g/mol. The molecule has 0 spiro atoms. The first-order valence-corrected chi connectivity index (χ1v) is 31.0. The van der Waals surface area contributed by atoms with Crippen LogP contribution in [0.25, 0.3) is 0 Å². The molecule has 23 heteroatoms. The number of likely N-dealkylation sites (N-methyl/N-ethyl adjacent to an activating group) is 7. The van der Waals surface area contributed by atoms with Gasteiger partial charge in [0.25, 0.3) is 0 Å². The van der Waals surface area contributed by atoms with Crippen LogP contribution in [-0.2, 0) is 52.7 Å². The van der Waals surface area contributed by atoms with Crippen molar-refractivity contribution in [3.63, 3.8) is 0 Å². The summed E-state index contributed by atoms with van der Waals surface area (Å²) in [5, 5.41) is 23.1. The molecule has 2 unspecified atom stereocenters. The van der Waals surface area contributed by atoms with Crippen molar-refractivity contribution in [2.75, 3.05) is 49.3 Å². The van der Waals surface area contributed by atoms with Crippen molar-refractivity contribution in [1.82, 2.24) is 55.6 Å². The van der Waals surface area contributed by atoms with Gasteiger partial charge >= 0.3 is 0 Å². The monoisotopic (exact) mass is 1220 g/mol. The predicted octanol–water partition coefficient (Wildman–Crippen LogP) is 3.66. The Morgan fingerprint density at radius 1 is 0.419 bits per heavy atom. The van der Waals surface area contributed by atoms with E-state index in [1.54, 1.807) is 54.5 Å². The number of nitrogens with zero attached hydrogens (tertiary/aromatic N) is 7. The maximum absolute atomic E-state index is 15.2. The molecule has 1 saturated heterocycles. The molecule has 11 amide bonds. The summed E-state index contributed by atoms with van der Waals surface area (Å²) in [5.74, 6) is -9.74. The van der Waals surface area contributed by atoms with Crippen molar-refractivity contribution in [1.29, 1.82) is 0 Å². The van der Waals surface area contributed by atoms with Gasteiger partial charge < -0.3 is 60.7 Å². The van der Waals surface area contributed by atoms with Gasteiger partial charge in [-0.05, 0) is 108 Å². The van der Waals surface area contributed by atoms with Crippen LogP contribution in [0.1, 0.15) is 163 Å². The van der Waals surface area contributed by atoms with Crippen LogP contribution >= 0.6 is 0 Å². The highest BCUT2D eigenvalue weighted by molar-refractivity contribution is 6.00. The summed E-state index contributed by atoms with van der Waals surface area (Å²) >= 11 is 0. The largest absolute Gasteiger partial charge is 0.390 e. The fourth-order valence-corrected chi connectivity index (χ4v) is 10.9. The molecule has 0 aromatic heterocycles. The molecule has 5 N–H and O–H groups in total. The number of amides is 11. The summed E-state index contributed by atoms with van der Waals surface area (Å²) in [6, 6.07) is -13.6. The number of nitrogens with one attached hydrogen (secondary N) is 4. The highest BCUT2D eigenvalue weighted by atomic mass is 16.3. The van der Waals surface area contributed by atoms with E-state index in [0.717, 1.165) is 9.80 Å². The Balaban J connectivity index is 4.37. The number of carbonyl (C=O) groups is 11. The third-order valence-electron chi connectivity index (χ3n) is 16.6. The van der Waals surface area contributed by atoms with Crippen LogP contribution in [0.15, 0.2) is 12.2 Å². The SMILES string of the molecule is C/C=C/C[C@@H](C)[C@@H](O)C1C(=O)N[C@@H](CC)C(=O)N(C)C(C)C(=O)N(C)[C@@H](CC(C)C)C(=O)N[C@@H](C(C)C)C(=O)N(C)[C@@H](CC(C)C)C(=O)N[C@@H](C)C(=O)N[C@H](C)C(=O)N(C)[C@@H](CC(C)C)C(=O)N(C)[C@@H](CC(C)C)C(=O)N(C)[C@@H](C(C)C)C(=O)N1C. The molecule has 0 saturated carbocycles. The molecule has 1 aliphatic rings. The molecule has 1 rings (SSSR count). The maximum atomic E-state index is 15.2. The van der Waals surface area contributed by atoms with Crippen molar-refractivity contribution in [2.24, 2.45) is 41.4 Å². The van der Waals surface area contributed by atoms with E-state index in [-0.39, 0.29) is 55.8 Å². The number of aliphatic hydroxyl groups excluding tert-OH is 1. The Morgan fingerprint density at radius 3 is 1.24 bits per heavy atom. The van der Waals surface area contributed by atoms with Crippen LogP contribution in [0.3, 0.4) is 0 Å². The molecule has 13 atom stereocenters. The van der Waals surface area contributed by atoms with Gasteiger partial charge in [0.15, 0.2) is 0 Å². The maximum Gasteiger partial charge on any atom is 0.246 e. The van der Waals surface area contributed by atoms with Gasteiger partial charge in [-0.3, -0.25) is 52.7 Å². The summed E-state index contributed by atoms with van der Waals surface area (Å²) in [4.78, 5) is 170. The number of allylic oxidation sites excluding steroid dienone is 2. The van der Waals surface area contributed by atoms with E-state index in [1.807, 2.05) is 61.5 Å². The second kappa shape index (κ2) is 35.0. The zero-order valence-corrected chi connectivity index (χ0v) is 56.9. The van der Waals surface area contributed by atoms with Gasteiger partial charge in [0.05, 0.1) is 6.10 Å². The molecule has 1 fully saturated rings. The number of hydrogen-bond donors (Lipinski definition) is 5. The minimum Gasteiger partial charge on any atom is -0.390 e. The second-order valence-electron chi connectivity index (χ2n) is 26.5. The van der Waals surface area contributed by atoms with E-state index in [2.05, 4.69) is 21.3 Å². The van der Waals surface area contributed by atoms with Gasteiger partial charge in [-0.25, -0.2) is 0 Å². The predicted molar refractivity (Wildman–Crippen MR) is 333 cm³/mol. The molecule has 1 aliphatic heterocycles. The molecule has 23 nitrogen and oxygen atoms in total. The zero-order valence-electron chi connectivity index (χ0n) is 56.9. The normalized spacial score (nSPS) is 27.6. The van der Waals surface area contributed by atoms with E-state index in [1.165, 1.54) is 94.6 Å². The quantitative estimate of drug-likeness (QED) is 0.147. The lowest BCUT2D eigenvalue weighted by Gasteiger charge is -2.41. The third-order valence-corrected chi connectivity index (χ3v) is 16.6. The van der Waals surface area contributed by atoms with Crippen molar-refractivity contribution >= 4 is 65.0 Å². The van der Waals surface area contributed by atoms with Crippen molar-refractivity contribution in [3.8, 4) is 0 Å². The van der Waals surface area contributed by atoms with E-state index in [0.29, 0.717) is 6.42 Å². The molecule has 86 heavy (non-hydrogen) atoms. The lowest BCUT2D eigenvalue weighted by molar-refractivity contribution is -0.157. The first-order chi connectivity index (χ1) is 39.6. The van der Waals surface area contributed by atoms with E-state index >= 15 is 9.59 Å². The second-order valence-corrected chi connectivity index (χ2v) is 26.5. The van der Waals surface area contributed by atoms with Crippen molar-refractivity contribution in [2.45, 2.75) is 236 Å². The number of aliphatic hydroxyl groups is 1. The Kier molecular flexibility index (Phi) is 31.7. The van der Waals surface area contributed by atoms with E-state index in [4.69, 9.17) is 0 Å². The molecule has 0 radical (unpaired) electrons. The summed E-state index contributed by atoms with van der Waals surface area (Å²) in [6.45, 7) is 31.4. The smallest absolute Gasteiger partial charge is 0.246 e.